The molecule has 220 valence electrons. The summed E-state index contributed by atoms with van der Waals surface area (Å²) in [7, 11) is 1.63. The summed E-state index contributed by atoms with van der Waals surface area (Å²) in [6, 6.07) is 8.55. The highest BCUT2D eigenvalue weighted by molar-refractivity contribution is 5.97. The monoisotopic (exact) mass is 560 g/mol. The lowest BCUT2D eigenvalue weighted by Gasteiger charge is -2.61. The van der Waals surface area contributed by atoms with Crippen molar-refractivity contribution in [2.45, 2.75) is 84.9 Å². The number of nitrogens with zero attached hydrogens (tertiary/aromatic N) is 3. The zero-order valence-corrected chi connectivity index (χ0v) is 25.4. The highest BCUT2D eigenvalue weighted by atomic mass is 16.6. The summed E-state index contributed by atoms with van der Waals surface area (Å²) < 4.78 is 11.1. The number of anilines is 1. The van der Waals surface area contributed by atoms with Gasteiger partial charge >= 0.3 is 6.09 Å². The Balaban J connectivity index is 1.33. The van der Waals surface area contributed by atoms with Crippen LogP contribution in [0.5, 0.6) is 5.88 Å². The van der Waals surface area contributed by atoms with E-state index < -0.39 is 5.60 Å². The molecule has 1 saturated carbocycles. The first-order valence-corrected chi connectivity index (χ1v) is 14.9. The molecule has 1 N–H and O–H groups in total. The van der Waals surface area contributed by atoms with Crippen molar-refractivity contribution >= 4 is 17.7 Å². The summed E-state index contributed by atoms with van der Waals surface area (Å²) in [6.07, 6.45) is 8.74. The number of nitrogens with one attached hydrogen (secondary N) is 1. The number of rotatable bonds is 4. The van der Waals surface area contributed by atoms with Crippen LogP contribution in [0.25, 0.3) is 0 Å². The largest absolute Gasteiger partial charge is 0.481 e. The quantitative estimate of drug-likeness (QED) is 0.490. The first-order valence-electron chi connectivity index (χ1n) is 14.9. The molecular formula is C33H44N4O4. The van der Waals surface area contributed by atoms with Crippen LogP contribution in [0, 0.1) is 12.3 Å². The van der Waals surface area contributed by atoms with Gasteiger partial charge in [0.25, 0.3) is 5.91 Å². The second-order valence-electron chi connectivity index (χ2n) is 12.8. The van der Waals surface area contributed by atoms with Crippen LogP contribution in [0.3, 0.4) is 0 Å². The van der Waals surface area contributed by atoms with Gasteiger partial charge in [0, 0.05) is 60.1 Å². The van der Waals surface area contributed by atoms with Crippen molar-refractivity contribution in [3.8, 4) is 5.88 Å². The smallest absolute Gasteiger partial charge is 0.410 e. The van der Waals surface area contributed by atoms with E-state index in [0.29, 0.717) is 30.5 Å². The summed E-state index contributed by atoms with van der Waals surface area (Å²) in [5.41, 5.74) is 5.60. The molecule has 8 nitrogen and oxygen atoms in total. The Morgan fingerprint density at radius 1 is 1.20 bits per heavy atom. The molecule has 8 heteroatoms. The number of hydrogen-bond acceptors (Lipinski definition) is 6. The van der Waals surface area contributed by atoms with E-state index in [1.807, 2.05) is 44.7 Å². The first-order chi connectivity index (χ1) is 19.5. The Labute approximate surface area is 244 Å². The summed E-state index contributed by atoms with van der Waals surface area (Å²) >= 11 is 0. The van der Waals surface area contributed by atoms with Gasteiger partial charge in [-0.15, -0.1) is 0 Å². The number of fused-ring (bicyclic) bond motifs is 2. The number of likely N-dealkylation sites (tertiary alicyclic amines) is 1. The summed E-state index contributed by atoms with van der Waals surface area (Å²) in [4.78, 5) is 34.9. The van der Waals surface area contributed by atoms with E-state index in [0.717, 1.165) is 73.4 Å². The molecule has 0 unspecified atom stereocenters. The van der Waals surface area contributed by atoms with E-state index >= 15 is 0 Å². The molecule has 1 saturated heterocycles. The number of aromatic nitrogens is 1. The molecule has 1 aromatic heterocycles. The molecule has 1 aromatic carbocycles. The van der Waals surface area contributed by atoms with Gasteiger partial charge in [-0.2, -0.15) is 0 Å². The van der Waals surface area contributed by atoms with E-state index in [1.165, 1.54) is 0 Å². The van der Waals surface area contributed by atoms with Crippen molar-refractivity contribution in [1.29, 1.82) is 0 Å². The van der Waals surface area contributed by atoms with Crippen LogP contribution >= 0.6 is 0 Å². The van der Waals surface area contributed by atoms with Crippen LogP contribution in [-0.2, 0) is 24.1 Å². The average Bonchev–Trinajstić information content (AvgIpc) is 2.86. The lowest BCUT2D eigenvalue weighted by Crippen LogP contribution is -2.68. The van der Waals surface area contributed by atoms with Crippen molar-refractivity contribution in [2.75, 3.05) is 31.6 Å². The van der Waals surface area contributed by atoms with Gasteiger partial charge in [-0.1, -0.05) is 18.2 Å². The Bertz CT molecular complexity index is 1330. The van der Waals surface area contributed by atoms with Crippen molar-refractivity contribution in [2.24, 2.45) is 5.41 Å². The number of amides is 2. The fourth-order valence-electron chi connectivity index (χ4n) is 6.67. The minimum Gasteiger partial charge on any atom is -0.481 e. The van der Waals surface area contributed by atoms with E-state index in [9.17, 15) is 9.59 Å². The van der Waals surface area contributed by atoms with Crippen LogP contribution in [0.2, 0.25) is 0 Å². The van der Waals surface area contributed by atoms with E-state index in [1.54, 1.807) is 7.11 Å². The molecule has 0 radical (unpaired) electrons. The number of aryl methyl sites for hydroxylation is 2. The highest BCUT2D eigenvalue weighted by Gasteiger charge is 2.55. The number of methoxy groups -OCH3 is 1. The third-order valence-corrected chi connectivity index (χ3v) is 8.52. The molecule has 1 spiro atoms. The minimum atomic E-state index is -0.479. The lowest BCUT2D eigenvalue weighted by molar-refractivity contribution is -0.0779. The molecule has 0 atom stereocenters. The minimum absolute atomic E-state index is 0.0856. The predicted octanol–water partition coefficient (Wildman–Crippen LogP) is 5.60. The highest BCUT2D eigenvalue weighted by Crippen LogP contribution is 2.51. The molecule has 1 aliphatic carbocycles. The van der Waals surface area contributed by atoms with Crippen LogP contribution in [-0.4, -0.2) is 60.3 Å². The van der Waals surface area contributed by atoms with Gasteiger partial charge in [-0.05, 0) is 96.0 Å². The number of hydrogen-bond donors (Lipinski definition) is 1. The van der Waals surface area contributed by atoms with Crippen molar-refractivity contribution in [3.05, 3.63) is 64.4 Å². The van der Waals surface area contributed by atoms with Crippen LogP contribution in [0.1, 0.15) is 79.7 Å². The van der Waals surface area contributed by atoms with E-state index in [-0.39, 0.29) is 17.4 Å². The molecular weight excluding hydrogens is 516 g/mol. The van der Waals surface area contributed by atoms with E-state index in [2.05, 4.69) is 46.4 Å². The van der Waals surface area contributed by atoms with Gasteiger partial charge in [-0.3, -0.25) is 4.79 Å². The van der Waals surface area contributed by atoms with Gasteiger partial charge in [0.15, 0.2) is 0 Å². The average molecular weight is 561 g/mol. The Morgan fingerprint density at radius 2 is 1.95 bits per heavy atom. The van der Waals surface area contributed by atoms with Crippen molar-refractivity contribution in [3.63, 3.8) is 0 Å². The number of carbonyl (C=O) groups is 2. The zero-order chi connectivity index (χ0) is 29.4. The number of ether oxygens (including phenoxy) is 2. The normalized spacial score (nSPS) is 19.4. The standard InChI is InChI=1S/C33H44N4O4/c1-7-37(24-17-33(18-24)20-36(21-33)31(39)41-32(3,4)5)28-15-11-14-26-25(28)13-10-8-9-12-23-16-22(2)35-30(40-6)27(23)19-34-29(26)38/h8,10-11,14-16,24H,7,9,12-13,17-21H2,1-6H3,(H,34,38)/b10-8+. The van der Waals surface area contributed by atoms with Crippen molar-refractivity contribution in [1.82, 2.24) is 15.2 Å². The topological polar surface area (TPSA) is 84.0 Å². The summed E-state index contributed by atoms with van der Waals surface area (Å²) in [5, 5.41) is 3.16. The number of carbonyl (C=O) groups excluding carboxylic acids is 2. The fraction of sp³-hybridized carbons (Fsp3) is 0.545. The van der Waals surface area contributed by atoms with Crippen LogP contribution < -0.4 is 15.0 Å². The molecule has 3 aliphatic rings. The SMILES string of the molecule is CCN(c1cccc2c1C/C=C/CCc1cc(C)nc(OC)c1CNC2=O)C1CC2(C1)CN(C(=O)OC(C)(C)C)C2. The van der Waals surface area contributed by atoms with Crippen LogP contribution in [0.4, 0.5) is 10.5 Å². The predicted molar refractivity (Wildman–Crippen MR) is 161 cm³/mol. The van der Waals surface area contributed by atoms with Gasteiger partial charge in [0.1, 0.15) is 5.60 Å². The van der Waals surface area contributed by atoms with Crippen LogP contribution in [0.15, 0.2) is 36.4 Å². The molecule has 2 aliphatic heterocycles. The maximum absolute atomic E-state index is 13.6. The molecule has 2 amide bonds. The van der Waals surface area contributed by atoms with Gasteiger partial charge in [-0.25, -0.2) is 9.78 Å². The molecule has 2 fully saturated rings. The van der Waals surface area contributed by atoms with Gasteiger partial charge in [0.05, 0.1) is 7.11 Å². The Hall–Kier alpha value is -3.55. The fourth-order valence-corrected chi connectivity index (χ4v) is 6.67. The third kappa shape index (κ3) is 6.07. The Morgan fingerprint density at radius 3 is 2.63 bits per heavy atom. The van der Waals surface area contributed by atoms with Crippen molar-refractivity contribution < 1.29 is 19.1 Å². The summed E-state index contributed by atoms with van der Waals surface area (Å²) in [6.45, 7) is 12.6. The molecule has 3 heterocycles. The molecule has 2 aromatic rings. The second kappa shape index (κ2) is 11.4. The zero-order valence-electron chi connectivity index (χ0n) is 25.4. The number of benzene rings is 1. The maximum Gasteiger partial charge on any atom is 0.410 e. The number of pyridine rings is 1. The molecule has 0 bridgehead atoms. The molecule has 5 rings (SSSR count). The van der Waals surface area contributed by atoms with Gasteiger partial charge in [0.2, 0.25) is 5.88 Å². The second-order valence-corrected chi connectivity index (χ2v) is 12.8. The number of allylic oxidation sites excluding steroid dienone is 2. The first kappa shape index (κ1) is 29.0. The Kier molecular flexibility index (Phi) is 8.04. The maximum atomic E-state index is 13.6. The van der Waals surface area contributed by atoms with Gasteiger partial charge < -0.3 is 24.6 Å². The van der Waals surface area contributed by atoms with E-state index in [4.69, 9.17) is 9.47 Å². The summed E-state index contributed by atoms with van der Waals surface area (Å²) in [5.74, 6) is 0.491. The lowest BCUT2D eigenvalue weighted by atomic mass is 9.60. The third-order valence-electron chi connectivity index (χ3n) is 8.52. The molecule has 41 heavy (non-hydrogen) atoms.